The molecule has 4 aromatic carbocycles. The van der Waals surface area contributed by atoms with Crippen molar-refractivity contribution in [1.82, 2.24) is 0 Å². The summed E-state index contributed by atoms with van der Waals surface area (Å²) in [6.07, 6.45) is 1.39. The Hall–Kier alpha value is -3.78. The molecule has 4 aromatic rings. The molecule has 2 heteroatoms. The van der Waals surface area contributed by atoms with Crippen molar-refractivity contribution in [3.63, 3.8) is 0 Å². The van der Waals surface area contributed by atoms with Gasteiger partial charge in [-0.05, 0) is 12.0 Å². The molecule has 0 aliphatic carbocycles. The van der Waals surface area contributed by atoms with Crippen LogP contribution in [-0.4, -0.2) is 11.6 Å². The van der Waals surface area contributed by atoms with Gasteiger partial charge in [-0.15, -0.1) is 0 Å². The molecule has 0 radical (unpaired) electrons. The van der Waals surface area contributed by atoms with Crippen LogP contribution in [0.1, 0.15) is 38.3 Å². The number of aryl methyl sites for hydroxylation is 1. The summed E-state index contributed by atoms with van der Waals surface area (Å²) < 4.78 is 0. The van der Waals surface area contributed by atoms with Gasteiger partial charge in [0, 0.05) is 23.1 Å². The van der Waals surface area contributed by atoms with Crippen LogP contribution in [0.4, 0.5) is 0 Å². The number of carbonyl (C=O) groups excluding carboxylic acids is 2. The predicted octanol–water partition coefficient (Wildman–Crippen LogP) is 6.42. The molecule has 2 nitrogen and oxygen atoms in total. The highest BCUT2D eigenvalue weighted by atomic mass is 16.1. The van der Waals surface area contributed by atoms with E-state index >= 15 is 0 Å². The zero-order valence-electron chi connectivity index (χ0n) is 16.8. The minimum atomic E-state index is 0.0752. The van der Waals surface area contributed by atoms with Crippen LogP contribution in [0.25, 0.3) is 0 Å². The molecule has 0 atom stereocenters. The molecule has 0 aliphatic rings. The lowest BCUT2D eigenvalue weighted by Crippen LogP contribution is -2.00. The van der Waals surface area contributed by atoms with Gasteiger partial charge in [0.1, 0.15) is 0 Å². The van der Waals surface area contributed by atoms with Crippen LogP contribution in [-0.2, 0) is 6.42 Å². The Morgan fingerprint density at radius 1 is 0.467 bits per heavy atom. The van der Waals surface area contributed by atoms with E-state index in [0.29, 0.717) is 6.42 Å². The summed E-state index contributed by atoms with van der Waals surface area (Å²) in [6.45, 7) is 0. The van der Waals surface area contributed by atoms with Crippen LogP contribution in [0.5, 0.6) is 0 Å². The zero-order chi connectivity index (χ0) is 21.0. The quantitative estimate of drug-likeness (QED) is 0.355. The smallest absolute Gasteiger partial charge is 0.193 e. The lowest BCUT2D eigenvalue weighted by molar-refractivity contribution is 0.0981. The molecule has 0 aromatic heterocycles. The standard InChI is InChI=1S/C15H14O.C13H10O/c16-15(14-9-5-2-6-10-14)12-11-13-7-3-1-4-8-13;14-13(11-7-3-1-4-8-11)12-9-5-2-6-10-12/h1-10H,11-12H2;1-10H. The summed E-state index contributed by atoms with van der Waals surface area (Å²) in [5.74, 6) is 0.288. The molecule has 4 rings (SSSR count). The summed E-state index contributed by atoms with van der Waals surface area (Å²) >= 11 is 0. The van der Waals surface area contributed by atoms with Crippen LogP contribution in [0.2, 0.25) is 0 Å². The Morgan fingerprint density at radius 2 is 0.833 bits per heavy atom. The minimum absolute atomic E-state index is 0.0752. The fourth-order valence-corrected chi connectivity index (χ4v) is 3.02. The first-order valence-electron chi connectivity index (χ1n) is 10.0. The largest absolute Gasteiger partial charge is 0.294 e. The normalized spacial score (nSPS) is 9.87. The van der Waals surface area contributed by atoms with Crippen molar-refractivity contribution in [1.29, 1.82) is 0 Å². The van der Waals surface area contributed by atoms with Crippen molar-refractivity contribution in [3.05, 3.63) is 144 Å². The van der Waals surface area contributed by atoms with Gasteiger partial charge < -0.3 is 0 Å². The average molecular weight is 392 g/mol. The molecule has 148 valence electrons. The first kappa shape index (κ1) is 20.9. The Labute approximate surface area is 177 Å². The van der Waals surface area contributed by atoms with E-state index in [4.69, 9.17) is 0 Å². The molecule has 0 aliphatic heterocycles. The van der Waals surface area contributed by atoms with Gasteiger partial charge in [0.05, 0.1) is 0 Å². The van der Waals surface area contributed by atoms with Gasteiger partial charge in [-0.25, -0.2) is 0 Å². The first-order valence-corrected chi connectivity index (χ1v) is 10.0. The van der Waals surface area contributed by atoms with Crippen molar-refractivity contribution >= 4 is 11.6 Å². The molecular weight excluding hydrogens is 368 g/mol. The van der Waals surface area contributed by atoms with E-state index in [-0.39, 0.29) is 11.6 Å². The van der Waals surface area contributed by atoms with E-state index in [2.05, 4.69) is 12.1 Å². The van der Waals surface area contributed by atoms with Gasteiger partial charge in [0.2, 0.25) is 0 Å². The summed E-state index contributed by atoms with van der Waals surface area (Å²) in [4.78, 5) is 23.7. The Balaban J connectivity index is 0.000000172. The molecular formula is C28H24O2. The molecule has 0 unspecified atom stereocenters. The maximum Gasteiger partial charge on any atom is 0.193 e. The monoisotopic (exact) mass is 392 g/mol. The van der Waals surface area contributed by atoms with E-state index in [0.717, 1.165) is 23.1 Å². The molecule has 0 N–H and O–H groups in total. The Kier molecular flexibility index (Phi) is 7.87. The Morgan fingerprint density at radius 3 is 1.27 bits per heavy atom. The Bertz CT molecular complexity index is 999. The fourth-order valence-electron chi connectivity index (χ4n) is 3.02. The summed E-state index contributed by atoms with van der Waals surface area (Å²) in [6, 6.07) is 38.2. The van der Waals surface area contributed by atoms with Gasteiger partial charge in [0.15, 0.2) is 11.6 Å². The predicted molar refractivity (Wildman–Crippen MR) is 122 cm³/mol. The topological polar surface area (TPSA) is 34.1 Å². The van der Waals surface area contributed by atoms with Crippen LogP contribution >= 0.6 is 0 Å². The maximum absolute atomic E-state index is 11.8. The number of carbonyl (C=O) groups is 2. The van der Waals surface area contributed by atoms with Crippen LogP contribution in [0.15, 0.2) is 121 Å². The van der Waals surface area contributed by atoms with Crippen LogP contribution in [0.3, 0.4) is 0 Å². The highest BCUT2D eigenvalue weighted by molar-refractivity contribution is 6.08. The van der Waals surface area contributed by atoms with Crippen molar-refractivity contribution < 1.29 is 9.59 Å². The third kappa shape index (κ3) is 6.39. The van der Waals surface area contributed by atoms with Gasteiger partial charge >= 0.3 is 0 Å². The number of ketones is 2. The van der Waals surface area contributed by atoms with Gasteiger partial charge in [-0.1, -0.05) is 121 Å². The molecule has 0 saturated heterocycles. The fraction of sp³-hybridized carbons (Fsp3) is 0.0714. The number of hydrogen-bond donors (Lipinski definition) is 0. The van der Waals surface area contributed by atoms with Crippen molar-refractivity contribution in [2.45, 2.75) is 12.8 Å². The molecule has 0 heterocycles. The van der Waals surface area contributed by atoms with Crippen LogP contribution in [0, 0.1) is 0 Å². The van der Waals surface area contributed by atoms with Gasteiger partial charge in [-0.3, -0.25) is 9.59 Å². The summed E-state index contributed by atoms with van der Waals surface area (Å²) in [7, 11) is 0. The molecule has 0 spiro atoms. The maximum atomic E-state index is 11.8. The van der Waals surface area contributed by atoms with E-state index in [1.54, 1.807) is 0 Å². The highest BCUT2D eigenvalue weighted by Crippen LogP contribution is 2.09. The number of rotatable bonds is 6. The highest BCUT2D eigenvalue weighted by Gasteiger charge is 2.06. The van der Waals surface area contributed by atoms with Gasteiger partial charge in [0.25, 0.3) is 0 Å². The molecule has 0 saturated carbocycles. The second kappa shape index (κ2) is 11.3. The van der Waals surface area contributed by atoms with E-state index < -0.39 is 0 Å². The third-order valence-electron chi connectivity index (χ3n) is 4.65. The first-order chi connectivity index (χ1) is 14.7. The second-order valence-corrected chi connectivity index (χ2v) is 6.84. The summed E-state index contributed by atoms with van der Waals surface area (Å²) in [5, 5.41) is 0. The van der Waals surface area contributed by atoms with E-state index in [1.807, 2.05) is 109 Å². The SMILES string of the molecule is O=C(CCc1ccccc1)c1ccccc1.O=C(c1ccccc1)c1ccccc1. The molecule has 0 fully saturated rings. The van der Waals surface area contributed by atoms with Crippen molar-refractivity contribution in [2.75, 3.05) is 0 Å². The number of benzene rings is 4. The van der Waals surface area contributed by atoms with Gasteiger partial charge in [-0.2, -0.15) is 0 Å². The molecule has 0 amide bonds. The van der Waals surface area contributed by atoms with E-state index in [9.17, 15) is 9.59 Å². The third-order valence-corrected chi connectivity index (χ3v) is 4.65. The minimum Gasteiger partial charge on any atom is -0.294 e. The molecule has 30 heavy (non-hydrogen) atoms. The van der Waals surface area contributed by atoms with E-state index in [1.165, 1.54) is 5.56 Å². The molecule has 0 bridgehead atoms. The number of Topliss-reactive ketones (excluding diaryl/α,β-unsaturated/α-hetero) is 1. The van der Waals surface area contributed by atoms with Crippen LogP contribution < -0.4 is 0 Å². The summed E-state index contributed by atoms with van der Waals surface area (Å²) in [5.41, 5.74) is 3.49. The second-order valence-electron chi connectivity index (χ2n) is 6.84. The lowest BCUT2D eigenvalue weighted by atomic mass is 10.0. The average Bonchev–Trinajstić information content (AvgIpc) is 2.85. The zero-order valence-corrected chi connectivity index (χ0v) is 16.8. The number of hydrogen-bond acceptors (Lipinski definition) is 2. The van der Waals surface area contributed by atoms with Crippen molar-refractivity contribution in [3.8, 4) is 0 Å². The van der Waals surface area contributed by atoms with Crippen molar-refractivity contribution in [2.24, 2.45) is 0 Å². The lowest BCUT2D eigenvalue weighted by Gasteiger charge is -2.01.